The number of H-pyrrole nitrogens is 2. The lowest BCUT2D eigenvalue weighted by Crippen LogP contribution is -2.14. The third kappa shape index (κ3) is 3.48. The Kier molecular flexibility index (Phi) is 4.65. The third-order valence-corrected chi connectivity index (χ3v) is 4.43. The number of nitrogens with one attached hydrogen (secondary N) is 3. The number of nitrogens with zero attached hydrogens (tertiary/aromatic N) is 2. The van der Waals surface area contributed by atoms with Crippen LogP contribution in [0.2, 0.25) is 10.0 Å². The molecule has 8 nitrogen and oxygen atoms in total. The Morgan fingerprint density at radius 2 is 1.96 bits per heavy atom. The Labute approximate surface area is 149 Å². The molecule has 3 rings (SSSR count). The smallest absolute Gasteiger partial charge is 0.278 e. The molecule has 0 aliphatic carbocycles. The third-order valence-electron chi connectivity index (χ3n) is 2.93. The number of carbonyl (C=O) groups excluding carboxylic acids is 1. The van der Waals surface area contributed by atoms with Gasteiger partial charge in [0.25, 0.3) is 5.56 Å². The van der Waals surface area contributed by atoms with Gasteiger partial charge in [-0.25, -0.2) is 4.98 Å². The molecule has 24 heavy (non-hydrogen) atoms. The summed E-state index contributed by atoms with van der Waals surface area (Å²) in [6, 6.07) is 4.93. The fraction of sp³-hybridized carbons (Fsp3) is 0.0769. The van der Waals surface area contributed by atoms with Crippen molar-refractivity contribution in [3.63, 3.8) is 0 Å². The van der Waals surface area contributed by atoms with Crippen LogP contribution >= 0.6 is 35.0 Å². The van der Waals surface area contributed by atoms with E-state index in [9.17, 15) is 9.59 Å². The number of halogens is 2. The summed E-state index contributed by atoms with van der Waals surface area (Å²) in [6.45, 7) is 0. The van der Waals surface area contributed by atoms with Crippen LogP contribution < -0.4 is 16.6 Å². The first-order chi connectivity index (χ1) is 11.4. The topological polar surface area (TPSA) is 130 Å². The zero-order valence-electron chi connectivity index (χ0n) is 11.9. The van der Waals surface area contributed by atoms with Crippen molar-refractivity contribution in [2.24, 2.45) is 0 Å². The van der Waals surface area contributed by atoms with Crippen LogP contribution in [0.3, 0.4) is 0 Å². The molecular weight excluding hydrogens is 375 g/mol. The van der Waals surface area contributed by atoms with E-state index >= 15 is 0 Å². The van der Waals surface area contributed by atoms with Crippen LogP contribution in [0.25, 0.3) is 11.2 Å². The zero-order valence-corrected chi connectivity index (χ0v) is 14.2. The molecule has 0 atom stereocenters. The first-order valence-electron chi connectivity index (χ1n) is 6.56. The van der Waals surface area contributed by atoms with Gasteiger partial charge in [0.1, 0.15) is 0 Å². The van der Waals surface area contributed by atoms with E-state index in [4.69, 9.17) is 28.9 Å². The highest BCUT2D eigenvalue weighted by Gasteiger charge is 2.13. The quantitative estimate of drug-likeness (QED) is 0.510. The molecule has 2 heterocycles. The second-order valence-electron chi connectivity index (χ2n) is 4.63. The summed E-state index contributed by atoms with van der Waals surface area (Å²) < 4.78 is 0. The lowest BCUT2D eigenvalue weighted by Gasteiger charge is -2.08. The molecular formula is C13H10Cl2N6O2S. The number of imidazole rings is 1. The summed E-state index contributed by atoms with van der Waals surface area (Å²) in [5, 5.41) is 3.69. The molecule has 0 radical (unpaired) electrons. The lowest BCUT2D eigenvalue weighted by atomic mass is 10.3. The Balaban J connectivity index is 1.70. The molecule has 124 valence electrons. The highest BCUT2D eigenvalue weighted by Crippen LogP contribution is 2.30. The second-order valence-corrected chi connectivity index (χ2v) is 6.40. The van der Waals surface area contributed by atoms with E-state index < -0.39 is 5.56 Å². The van der Waals surface area contributed by atoms with E-state index in [-0.39, 0.29) is 28.8 Å². The van der Waals surface area contributed by atoms with Crippen molar-refractivity contribution < 1.29 is 4.79 Å². The van der Waals surface area contributed by atoms with Gasteiger partial charge in [-0.2, -0.15) is 4.98 Å². The van der Waals surface area contributed by atoms with E-state index in [1.165, 1.54) is 0 Å². The molecule has 1 aromatic carbocycles. The number of hydrogen-bond donors (Lipinski definition) is 4. The maximum Gasteiger partial charge on any atom is 0.278 e. The van der Waals surface area contributed by atoms with Crippen molar-refractivity contribution in [3.8, 4) is 0 Å². The molecule has 5 N–H and O–H groups in total. The van der Waals surface area contributed by atoms with Crippen molar-refractivity contribution >= 4 is 63.7 Å². The number of para-hydroxylation sites is 1. The number of fused-ring (bicyclic) bond motifs is 1. The summed E-state index contributed by atoms with van der Waals surface area (Å²) in [5.41, 5.74) is 5.76. The fourth-order valence-corrected chi connectivity index (χ4v) is 3.06. The van der Waals surface area contributed by atoms with Crippen molar-refractivity contribution in [3.05, 3.63) is 38.6 Å². The number of aromatic amines is 2. The van der Waals surface area contributed by atoms with Gasteiger partial charge in [-0.05, 0) is 12.1 Å². The predicted octanol–water partition coefficient (Wildman–Crippen LogP) is 2.27. The molecule has 11 heteroatoms. The minimum absolute atomic E-state index is 0.0262. The number of hydrogen-bond acceptors (Lipinski definition) is 6. The normalized spacial score (nSPS) is 10.9. The van der Waals surface area contributed by atoms with Gasteiger partial charge in [0.15, 0.2) is 16.3 Å². The number of benzene rings is 1. The molecule has 0 aliphatic rings. The average molecular weight is 385 g/mol. The van der Waals surface area contributed by atoms with Crippen molar-refractivity contribution in [1.82, 2.24) is 19.9 Å². The molecule has 0 saturated carbocycles. The summed E-state index contributed by atoms with van der Waals surface area (Å²) in [6.07, 6.45) is 0. The van der Waals surface area contributed by atoms with Crippen LogP contribution in [0.15, 0.2) is 28.2 Å². The molecule has 0 aliphatic heterocycles. The van der Waals surface area contributed by atoms with Gasteiger partial charge in [-0.3, -0.25) is 14.6 Å². The van der Waals surface area contributed by atoms with Crippen LogP contribution in [-0.2, 0) is 4.79 Å². The van der Waals surface area contributed by atoms with Crippen LogP contribution in [0.4, 0.5) is 11.6 Å². The zero-order chi connectivity index (χ0) is 17.3. The fourth-order valence-electron chi connectivity index (χ4n) is 1.90. The van der Waals surface area contributed by atoms with Crippen molar-refractivity contribution in [2.75, 3.05) is 16.8 Å². The number of aromatic nitrogens is 4. The summed E-state index contributed by atoms with van der Waals surface area (Å²) >= 11 is 13.1. The molecule has 0 bridgehead atoms. The number of nitrogens with two attached hydrogens (primary N) is 1. The average Bonchev–Trinajstić information content (AvgIpc) is 2.92. The molecule has 0 unspecified atom stereocenters. The van der Waals surface area contributed by atoms with Gasteiger partial charge >= 0.3 is 0 Å². The van der Waals surface area contributed by atoms with E-state index in [1.54, 1.807) is 18.2 Å². The maximum atomic E-state index is 12.0. The van der Waals surface area contributed by atoms with Gasteiger partial charge in [0.05, 0.1) is 21.5 Å². The highest BCUT2D eigenvalue weighted by atomic mass is 35.5. The largest absolute Gasteiger partial charge is 0.369 e. The van der Waals surface area contributed by atoms with Crippen LogP contribution in [-0.4, -0.2) is 31.6 Å². The summed E-state index contributed by atoms with van der Waals surface area (Å²) in [4.78, 5) is 36.9. The van der Waals surface area contributed by atoms with Crippen LogP contribution in [0.1, 0.15) is 0 Å². The lowest BCUT2D eigenvalue weighted by molar-refractivity contribution is -0.113. The number of carbonyl (C=O) groups is 1. The predicted molar refractivity (Wildman–Crippen MR) is 94.7 cm³/mol. The molecule has 0 saturated heterocycles. The molecule has 0 fully saturated rings. The van der Waals surface area contributed by atoms with E-state index in [0.717, 1.165) is 11.8 Å². The molecule has 3 aromatic rings. The number of rotatable bonds is 4. The summed E-state index contributed by atoms with van der Waals surface area (Å²) in [7, 11) is 0. The van der Waals surface area contributed by atoms with Crippen molar-refractivity contribution in [2.45, 2.75) is 5.16 Å². The van der Waals surface area contributed by atoms with Crippen LogP contribution in [0, 0.1) is 0 Å². The molecule has 1 amide bonds. The Morgan fingerprint density at radius 1 is 1.25 bits per heavy atom. The van der Waals surface area contributed by atoms with Crippen LogP contribution in [0.5, 0.6) is 0 Å². The number of amides is 1. The Bertz CT molecular complexity index is 966. The first-order valence-corrected chi connectivity index (χ1v) is 8.30. The minimum atomic E-state index is -0.427. The highest BCUT2D eigenvalue weighted by molar-refractivity contribution is 7.99. The maximum absolute atomic E-state index is 12.0. The van der Waals surface area contributed by atoms with Gasteiger partial charge in [0, 0.05) is 0 Å². The Morgan fingerprint density at radius 3 is 2.67 bits per heavy atom. The molecule has 2 aromatic heterocycles. The summed E-state index contributed by atoms with van der Waals surface area (Å²) in [5.74, 6) is -0.312. The monoisotopic (exact) mass is 384 g/mol. The number of anilines is 2. The second kappa shape index (κ2) is 6.71. The van der Waals surface area contributed by atoms with Gasteiger partial charge in [-0.15, -0.1) is 0 Å². The standard InChI is InChI=1S/C13H10Cl2N6O2S/c14-5-2-1-3-6(15)8(5)17-7(22)4-24-13-18-9-10(20-13)19-12(16)21-11(9)23/h1-3H,4H2,(H,17,22)(H4,16,18,19,20,21,23). The SMILES string of the molecule is Nc1nc2nc(SCC(=O)Nc3c(Cl)cccc3Cl)[nH]c2c(=O)[nH]1. The van der Waals surface area contributed by atoms with Gasteiger partial charge in [-0.1, -0.05) is 41.0 Å². The van der Waals surface area contributed by atoms with Crippen molar-refractivity contribution in [1.29, 1.82) is 0 Å². The minimum Gasteiger partial charge on any atom is -0.369 e. The van der Waals surface area contributed by atoms with E-state index in [0.29, 0.717) is 20.9 Å². The van der Waals surface area contributed by atoms with Gasteiger partial charge < -0.3 is 16.0 Å². The number of thioether (sulfide) groups is 1. The number of nitrogen functional groups attached to an aromatic ring is 1. The van der Waals surface area contributed by atoms with E-state index in [2.05, 4.69) is 25.3 Å². The molecule has 0 spiro atoms. The van der Waals surface area contributed by atoms with Gasteiger partial charge in [0.2, 0.25) is 11.9 Å². The van der Waals surface area contributed by atoms with E-state index in [1.807, 2.05) is 0 Å². The first kappa shape index (κ1) is 16.6. The Hall–Kier alpha value is -2.23.